The maximum Gasteiger partial charge on any atom is 0.0840 e. The van der Waals surface area contributed by atoms with Crippen LogP contribution in [-0.4, -0.2) is 13.1 Å². The molecule has 0 atom stereocenters. The molecule has 0 bridgehead atoms. The molecule has 0 N–H and O–H groups in total. The zero-order valence-electron chi connectivity index (χ0n) is 18.9. The van der Waals surface area contributed by atoms with Crippen molar-refractivity contribution in [3.05, 3.63) is 109 Å². The smallest absolute Gasteiger partial charge is 0.0840 e. The van der Waals surface area contributed by atoms with Crippen molar-refractivity contribution in [1.29, 1.82) is 0 Å². The molecule has 162 valence electrons. The lowest BCUT2D eigenvalue weighted by Gasteiger charge is -2.26. The third-order valence-electron chi connectivity index (χ3n) is 6.06. The topological polar surface area (TPSA) is 6.48 Å². The van der Waals surface area contributed by atoms with Gasteiger partial charge >= 0.3 is 0 Å². The fourth-order valence-corrected chi connectivity index (χ4v) is 4.35. The van der Waals surface area contributed by atoms with E-state index in [1.54, 1.807) is 0 Å². The Morgan fingerprint density at radius 3 is 1.18 bits per heavy atom. The molecule has 2 heteroatoms. The van der Waals surface area contributed by atoms with E-state index >= 15 is 0 Å². The normalized spacial score (nSPS) is 10.5. The Morgan fingerprint density at radius 2 is 0.794 bits per heavy atom. The second-order valence-corrected chi connectivity index (χ2v) is 8.16. The van der Waals surface area contributed by atoms with E-state index in [1.165, 1.54) is 21.5 Å². The molecule has 5 aromatic carbocycles. The maximum absolute atomic E-state index is 5.73. The minimum absolute atomic E-state index is 0.483. The lowest BCUT2D eigenvalue weighted by Crippen LogP contribution is -2.19. The number of hydrogen-bond acceptors (Lipinski definition) is 2. The molecule has 0 amide bonds. The largest absolute Gasteiger partial charge is 0.330 e. The van der Waals surface area contributed by atoms with Crippen LogP contribution in [0.2, 0.25) is 0 Å². The molecule has 0 saturated carbocycles. The Labute approximate surface area is 201 Å². The molecule has 0 aliphatic carbocycles. The van der Waals surface area contributed by atoms with Gasteiger partial charge in [0, 0.05) is 22.7 Å². The van der Waals surface area contributed by atoms with E-state index in [9.17, 15) is 0 Å². The predicted octanol–water partition coefficient (Wildman–Crippen LogP) is 7.54. The Morgan fingerprint density at radius 1 is 0.441 bits per heavy atom. The van der Waals surface area contributed by atoms with Crippen LogP contribution in [0.3, 0.4) is 0 Å². The molecule has 0 radical (unpaired) electrons. The van der Waals surface area contributed by atoms with Gasteiger partial charge < -0.3 is 9.80 Å². The van der Waals surface area contributed by atoms with E-state index in [2.05, 4.69) is 131 Å². The number of rotatable bonds is 6. The molecular weight excluding hydrogens is 412 g/mol. The summed E-state index contributed by atoms with van der Waals surface area (Å²) in [5, 5.41) is 4.80. The first-order chi connectivity index (χ1) is 16.8. The van der Waals surface area contributed by atoms with E-state index in [-0.39, 0.29) is 0 Å². The first kappa shape index (κ1) is 21.2. The van der Waals surface area contributed by atoms with E-state index in [4.69, 9.17) is 12.8 Å². The van der Waals surface area contributed by atoms with Gasteiger partial charge in [0.1, 0.15) is 0 Å². The summed E-state index contributed by atoms with van der Waals surface area (Å²) in [5.74, 6) is 5.60. The first-order valence-corrected chi connectivity index (χ1v) is 11.3. The van der Waals surface area contributed by atoms with Gasteiger partial charge in [0.05, 0.1) is 13.1 Å². The Kier molecular flexibility index (Phi) is 5.89. The molecule has 0 saturated heterocycles. The van der Waals surface area contributed by atoms with Gasteiger partial charge in [-0.25, -0.2) is 0 Å². The summed E-state index contributed by atoms with van der Waals surface area (Å²) < 4.78 is 0. The van der Waals surface area contributed by atoms with Gasteiger partial charge in [-0.2, -0.15) is 0 Å². The first-order valence-electron chi connectivity index (χ1n) is 11.3. The zero-order chi connectivity index (χ0) is 23.3. The Bertz CT molecular complexity index is 1420. The minimum Gasteiger partial charge on any atom is -0.330 e. The summed E-state index contributed by atoms with van der Waals surface area (Å²) in [7, 11) is 0. The van der Waals surface area contributed by atoms with Crippen LogP contribution in [0.25, 0.3) is 21.5 Å². The number of terminal acetylenes is 2. The molecular formula is C32H24N2. The highest BCUT2D eigenvalue weighted by atomic mass is 15.1. The summed E-state index contributed by atoms with van der Waals surface area (Å²) in [5.41, 5.74) is 4.21. The van der Waals surface area contributed by atoms with Crippen molar-refractivity contribution in [2.24, 2.45) is 0 Å². The highest BCUT2D eigenvalue weighted by Gasteiger charge is 2.12. The van der Waals surface area contributed by atoms with Gasteiger partial charge in [0.25, 0.3) is 0 Å². The maximum atomic E-state index is 5.73. The summed E-state index contributed by atoms with van der Waals surface area (Å²) in [6.07, 6.45) is 11.5. The molecule has 0 heterocycles. The Hall–Kier alpha value is -4.66. The standard InChI is InChI=1S/C32H24N2/c1-3-21-33(31-15-13-25-9-5-7-11-27(25)23-31)29-17-19-30(20-18-29)34(22-4-2)32-16-14-26-10-6-8-12-28(26)24-32/h1-2,5-20,23-24H,21-22H2. The van der Waals surface area contributed by atoms with Gasteiger partial charge in [-0.15, -0.1) is 12.8 Å². The third kappa shape index (κ3) is 4.18. The van der Waals surface area contributed by atoms with Gasteiger partial charge in [-0.3, -0.25) is 0 Å². The molecule has 2 nitrogen and oxygen atoms in total. The van der Waals surface area contributed by atoms with Crippen LogP contribution in [0.4, 0.5) is 22.7 Å². The van der Waals surface area contributed by atoms with Gasteiger partial charge in [-0.05, 0) is 70.1 Å². The lowest BCUT2D eigenvalue weighted by molar-refractivity contribution is 1.10. The SMILES string of the molecule is C#CCN(c1ccc(N(CC#C)c2ccc3ccccc3c2)cc1)c1ccc2ccccc2c1. The molecule has 5 rings (SSSR count). The van der Waals surface area contributed by atoms with Crippen molar-refractivity contribution < 1.29 is 0 Å². The molecule has 5 aromatic rings. The highest BCUT2D eigenvalue weighted by Crippen LogP contribution is 2.33. The van der Waals surface area contributed by atoms with Crippen molar-refractivity contribution >= 4 is 44.3 Å². The second kappa shape index (κ2) is 9.45. The minimum atomic E-state index is 0.483. The van der Waals surface area contributed by atoms with Gasteiger partial charge in [0.15, 0.2) is 0 Å². The van der Waals surface area contributed by atoms with Crippen LogP contribution >= 0.6 is 0 Å². The van der Waals surface area contributed by atoms with E-state index in [0.717, 1.165) is 22.7 Å². The fraction of sp³-hybridized carbons (Fsp3) is 0.0625. The summed E-state index contributed by atoms with van der Waals surface area (Å²) >= 11 is 0. The number of hydrogen-bond donors (Lipinski definition) is 0. The van der Waals surface area contributed by atoms with Crippen molar-refractivity contribution in [3.63, 3.8) is 0 Å². The highest BCUT2D eigenvalue weighted by molar-refractivity contribution is 5.88. The van der Waals surface area contributed by atoms with Gasteiger partial charge in [-0.1, -0.05) is 72.5 Å². The van der Waals surface area contributed by atoms with Crippen LogP contribution < -0.4 is 9.80 Å². The number of anilines is 4. The third-order valence-corrected chi connectivity index (χ3v) is 6.06. The fourth-order valence-electron chi connectivity index (χ4n) is 4.35. The van der Waals surface area contributed by atoms with Crippen molar-refractivity contribution in [1.82, 2.24) is 0 Å². The average molecular weight is 437 g/mol. The van der Waals surface area contributed by atoms with Crippen LogP contribution in [0.15, 0.2) is 109 Å². The molecule has 0 aliphatic rings. The van der Waals surface area contributed by atoms with Crippen LogP contribution in [0.5, 0.6) is 0 Å². The van der Waals surface area contributed by atoms with Crippen LogP contribution in [-0.2, 0) is 0 Å². The molecule has 0 spiro atoms. The monoisotopic (exact) mass is 436 g/mol. The number of benzene rings is 5. The summed E-state index contributed by atoms with van der Waals surface area (Å²) in [4.78, 5) is 4.30. The summed E-state index contributed by atoms with van der Waals surface area (Å²) in [6.45, 7) is 0.965. The van der Waals surface area contributed by atoms with E-state index < -0.39 is 0 Å². The van der Waals surface area contributed by atoms with Crippen LogP contribution in [0, 0.1) is 24.7 Å². The van der Waals surface area contributed by atoms with Crippen molar-refractivity contribution in [2.45, 2.75) is 0 Å². The Balaban J connectivity index is 1.49. The number of fused-ring (bicyclic) bond motifs is 2. The van der Waals surface area contributed by atoms with Crippen LogP contribution in [0.1, 0.15) is 0 Å². The summed E-state index contributed by atoms with van der Waals surface area (Å²) in [6, 6.07) is 38.0. The van der Waals surface area contributed by atoms with E-state index in [1.807, 2.05) is 0 Å². The molecule has 0 aliphatic heterocycles. The van der Waals surface area contributed by atoms with Crippen molar-refractivity contribution in [3.8, 4) is 24.7 Å². The molecule has 0 fully saturated rings. The van der Waals surface area contributed by atoms with Gasteiger partial charge in [0.2, 0.25) is 0 Å². The second-order valence-electron chi connectivity index (χ2n) is 8.16. The van der Waals surface area contributed by atoms with E-state index in [0.29, 0.717) is 13.1 Å². The quantitative estimate of drug-likeness (QED) is 0.254. The molecule has 0 aromatic heterocycles. The lowest BCUT2D eigenvalue weighted by atomic mass is 10.1. The molecule has 0 unspecified atom stereocenters. The predicted molar refractivity (Wildman–Crippen MR) is 146 cm³/mol. The molecule has 34 heavy (non-hydrogen) atoms. The zero-order valence-corrected chi connectivity index (χ0v) is 18.9. The van der Waals surface area contributed by atoms with Crippen molar-refractivity contribution in [2.75, 3.05) is 22.9 Å². The average Bonchev–Trinajstić information content (AvgIpc) is 2.90. The number of nitrogens with zero attached hydrogens (tertiary/aromatic N) is 2.